The van der Waals surface area contributed by atoms with Crippen LogP contribution in [0.25, 0.3) is 16.7 Å². The van der Waals surface area contributed by atoms with Gasteiger partial charge in [0.25, 0.3) is 5.91 Å². The van der Waals surface area contributed by atoms with Crippen LogP contribution in [0.3, 0.4) is 0 Å². The smallest absolute Gasteiger partial charge is 0.251 e. The summed E-state index contributed by atoms with van der Waals surface area (Å²) in [5.41, 5.74) is 5.70. The molecular weight excluding hydrogens is 402 g/mol. The minimum Gasteiger partial charge on any atom is -0.493 e. The summed E-state index contributed by atoms with van der Waals surface area (Å²) in [6.07, 6.45) is 0.690. The maximum absolute atomic E-state index is 12.7. The fourth-order valence-electron chi connectivity index (χ4n) is 3.89. The van der Waals surface area contributed by atoms with E-state index < -0.39 is 0 Å². The highest BCUT2D eigenvalue weighted by Gasteiger charge is 2.13. The van der Waals surface area contributed by atoms with Gasteiger partial charge in [-0.3, -0.25) is 9.36 Å². The number of ether oxygens (including phenoxy) is 2. The number of hydrogen-bond acceptors (Lipinski definition) is 4. The maximum Gasteiger partial charge on any atom is 0.251 e. The van der Waals surface area contributed by atoms with E-state index in [0.717, 1.165) is 28.1 Å². The van der Waals surface area contributed by atoms with Crippen molar-refractivity contribution in [2.45, 2.75) is 20.3 Å². The summed E-state index contributed by atoms with van der Waals surface area (Å²) in [5, 5.41) is 2.99. The minimum absolute atomic E-state index is 0.116. The number of nitrogens with one attached hydrogen (secondary N) is 1. The Morgan fingerprint density at radius 2 is 1.78 bits per heavy atom. The molecule has 6 nitrogen and oxygen atoms in total. The predicted octanol–water partition coefficient (Wildman–Crippen LogP) is 4.63. The maximum atomic E-state index is 12.7. The quantitative estimate of drug-likeness (QED) is 0.465. The summed E-state index contributed by atoms with van der Waals surface area (Å²) in [5.74, 6) is 2.14. The first kappa shape index (κ1) is 21.4. The monoisotopic (exact) mass is 429 g/mol. The van der Waals surface area contributed by atoms with Crippen LogP contribution in [0.1, 0.15) is 27.3 Å². The van der Waals surface area contributed by atoms with Crippen LogP contribution < -0.4 is 14.8 Å². The first-order valence-electron chi connectivity index (χ1n) is 10.6. The van der Waals surface area contributed by atoms with Crippen LogP contribution in [0.5, 0.6) is 11.5 Å². The van der Waals surface area contributed by atoms with Crippen LogP contribution in [-0.4, -0.2) is 36.2 Å². The number of methoxy groups -OCH3 is 2. The lowest BCUT2D eigenvalue weighted by molar-refractivity contribution is 0.0954. The molecule has 0 spiro atoms. The molecule has 0 aliphatic heterocycles. The molecular formula is C26H27N3O3. The Kier molecular flexibility index (Phi) is 6.12. The predicted molar refractivity (Wildman–Crippen MR) is 126 cm³/mol. The van der Waals surface area contributed by atoms with Gasteiger partial charge in [0.15, 0.2) is 11.5 Å². The Bertz CT molecular complexity index is 1280. The van der Waals surface area contributed by atoms with Crippen molar-refractivity contribution < 1.29 is 14.3 Å². The third kappa shape index (κ3) is 4.30. The van der Waals surface area contributed by atoms with Gasteiger partial charge in [0, 0.05) is 17.8 Å². The number of carbonyl (C=O) groups excluding carboxylic acids is 1. The SMILES string of the molecule is COc1ccc(CCNC(=O)c2ccc3c(c2)nc(C)n3-c2cccc(C)c2)cc1OC. The Labute approximate surface area is 187 Å². The number of hydrogen-bond donors (Lipinski definition) is 1. The van der Waals surface area contributed by atoms with Gasteiger partial charge in [-0.15, -0.1) is 0 Å². The van der Waals surface area contributed by atoms with E-state index in [9.17, 15) is 4.79 Å². The molecule has 1 aromatic heterocycles. The highest BCUT2D eigenvalue weighted by molar-refractivity contribution is 5.97. The van der Waals surface area contributed by atoms with Gasteiger partial charge in [-0.2, -0.15) is 0 Å². The van der Waals surface area contributed by atoms with E-state index in [1.807, 2.05) is 49.4 Å². The number of benzene rings is 3. The Morgan fingerprint density at radius 3 is 2.53 bits per heavy atom. The molecule has 0 fully saturated rings. The normalized spacial score (nSPS) is 10.9. The molecule has 0 unspecified atom stereocenters. The molecule has 0 atom stereocenters. The molecule has 164 valence electrons. The van der Waals surface area contributed by atoms with E-state index in [1.165, 1.54) is 5.56 Å². The van der Waals surface area contributed by atoms with Gasteiger partial charge < -0.3 is 14.8 Å². The lowest BCUT2D eigenvalue weighted by atomic mass is 10.1. The molecule has 0 bridgehead atoms. The zero-order valence-corrected chi connectivity index (χ0v) is 18.8. The number of fused-ring (bicyclic) bond motifs is 1. The molecule has 6 heteroatoms. The molecule has 0 aliphatic rings. The van der Waals surface area contributed by atoms with Crippen molar-refractivity contribution in [3.05, 3.63) is 83.2 Å². The van der Waals surface area contributed by atoms with Gasteiger partial charge in [-0.05, 0) is 73.9 Å². The van der Waals surface area contributed by atoms with E-state index >= 15 is 0 Å². The van der Waals surface area contributed by atoms with Crippen molar-refractivity contribution in [3.8, 4) is 17.2 Å². The number of nitrogens with zero attached hydrogens (tertiary/aromatic N) is 2. The van der Waals surface area contributed by atoms with Gasteiger partial charge in [0.05, 0.1) is 25.3 Å². The average molecular weight is 430 g/mol. The van der Waals surface area contributed by atoms with Crippen LogP contribution in [0.4, 0.5) is 0 Å². The molecule has 1 heterocycles. The van der Waals surface area contributed by atoms with E-state index in [4.69, 9.17) is 9.47 Å². The van der Waals surface area contributed by atoms with Crippen molar-refractivity contribution in [1.29, 1.82) is 0 Å². The lowest BCUT2D eigenvalue weighted by Gasteiger charge is -2.10. The second-order valence-corrected chi connectivity index (χ2v) is 7.73. The second kappa shape index (κ2) is 9.14. The van der Waals surface area contributed by atoms with E-state index in [1.54, 1.807) is 14.2 Å². The van der Waals surface area contributed by atoms with Crippen LogP contribution in [-0.2, 0) is 6.42 Å². The number of amides is 1. The van der Waals surface area contributed by atoms with Gasteiger partial charge in [-0.25, -0.2) is 4.98 Å². The van der Waals surface area contributed by atoms with Gasteiger partial charge in [0.1, 0.15) is 5.82 Å². The van der Waals surface area contributed by atoms with Crippen LogP contribution >= 0.6 is 0 Å². The van der Waals surface area contributed by atoms with Crippen molar-refractivity contribution in [1.82, 2.24) is 14.9 Å². The standard InChI is InChI=1S/C26H27N3O3/c1-17-6-5-7-21(14-17)29-18(2)28-22-16-20(9-10-23(22)29)26(30)27-13-12-19-8-11-24(31-3)25(15-19)32-4/h5-11,14-16H,12-13H2,1-4H3,(H,27,30). The van der Waals surface area contributed by atoms with Crippen LogP contribution in [0, 0.1) is 13.8 Å². The largest absolute Gasteiger partial charge is 0.493 e. The summed E-state index contributed by atoms with van der Waals surface area (Å²) in [6.45, 7) is 4.57. The molecule has 3 aromatic carbocycles. The van der Waals surface area contributed by atoms with E-state index in [2.05, 4.69) is 40.0 Å². The van der Waals surface area contributed by atoms with Gasteiger partial charge in [-0.1, -0.05) is 18.2 Å². The Balaban J connectivity index is 1.48. The molecule has 32 heavy (non-hydrogen) atoms. The average Bonchev–Trinajstić information content (AvgIpc) is 3.13. The van der Waals surface area contributed by atoms with Gasteiger partial charge in [0.2, 0.25) is 0 Å². The van der Waals surface area contributed by atoms with E-state index in [0.29, 0.717) is 30.0 Å². The highest BCUT2D eigenvalue weighted by atomic mass is 16.5. The molecule has 4 rings (SSSR count). The summed E-state index contributed by atoms with van der Waals surface area (Å²) < 4.78 is 12.7. The molecule has 0 saturated carbocycles. The highest BCUT2D eigenvalue weighted by Crippen LogP contribution is 2.27. The summed E-state index contributed by atoms with van der Waals surface area (Å²) in [7, 11) is 3.22. The van der Waals surface area contributed by atoms with Crippen LogP contribution in [0.15, 0.2) is 60.7 Å². The number of aryl methyl sites for hydroxylation is 2. The number of aromatic nitrogens is 2. The van der Waals surface area contributed by atoms with Crippen LogP contribution in [0.2, 0.25) is 0 Å². The first-order chi connectivity index (χ1) is 15.5. The van der Waals surface area contributed by atoms with Crippen molar-refractivity contribution in [3.63, 3.8) is 0 Å². The summed E-state index contributed by atoms with van der Waals surface area (Å²) >= 11 is 0. The number of imidazole rings is 1. The third-order valence-corrected chi connectivity index (χ3v) is 5.49. The molecule has 0 radical (unpaired) electrons. The van der Waals surface area contributed by atoms with E-state index in [-0.39, 0.29) is 5.91 Å². The molecule has 1 N–H and O–H groups in total. The minimum atomic E-state index is -0.116. The third-order valence-electron chi connectivity index (χ3n) is 5.49. The molecule has 1 amide bonds. The van der Waals surface area contributed by atoms with Crippen molar-refractivity contribution in [2.24, 2.45) is 0 Å². The van der Waals surface area contributed by atoms with Gasteiger partial charge >= 0.3 is 0 Å². The lowest BCUT2D eigenvalue weighted by Crippen LogP contribution is -2.25. The molecule has 0 aliphatic carbocycles. The Morgan fingerprint density at radius 1 is 0.969 bits per heavy atom. The molecule has 0 saturated heterocycles. The zero-order chi connectivity index (χ0) is 22.7. The fourth-order valence-corrected chi connectivity index (χ4v) is 3.89. The molecule has 4 aromatic rings. The number of rotatable bonds is 7. The number of carbonyl (C=O) groups is 1. The topological polar surface area (TPSA) is 65.4 Å². The summed E-state index contributed by atoms with van der Waals surface area (Å²) in [6, 6.07) is 19.7. The first-order valence-corrected chi connectivity index (χ1v) is 10.6. The van der Waals surface area contributed by atoms with Crippen molar-refractivity contribution >= 4 is 16.9 Å². The fraction of sp³-hybridized carbons (Fsp3) is 0.231. The second-order valence-electron chi connectivity index (χ2n) is 7.73. The Hall–Kier alpha value is -3.80. The van der Waals surface area contributed by atoms with Crippen molar-refractivity contribution in [2.75, 3.05) is 20.8 Å². The zero-order valence-electron chi connectivity index (χ0n) is 18.8. The summed E-state index contributed by atoms with van der Waals surface area (Å²) in [4.78, 5) is 17.4.